The maximum atomic E-state index is 11.0. The molecule has 0 fully saturated rings. The first-order chi connectivity index (χ1) is 10.0. The second-order valence-electron chi connectivity index (χ2n) is 4.24. The van der Waals surface area contributed by atoms with Gasteiger partial charge in [0.2, 0.25) is 0 Å². The minimum absolute atomic E-state index is 0.110. The van der Waals surface area contributed by atoms with Crippen LogP contribution in [0, 0.1) is 10.1 Å². The van der Waals surface area contributed by atoms with Crippen LogP contribution in [-0.2, 0) is 6.54 Å². The van der Waals surface area contributed by atoms with Gasteiger partial charge in [0.1, 0.15) is 5.75 Å². The summed E-state index contributed by atoms with van der Waals surface area (Å²) in [5, 5.41) is 23.9. The van der Waals surface area contributed by atoms with Crippen molar-refractivity contribution >= 4 is 27.3 Å². The monoisotopic (exact) mass is 352 g/mol. The number of nitro benzene ring substituents is 1. The number of hydrogen-bond acceptors (Lipinski definition) is 5. The van der Waals surface area contributed by atoms with Gasteiger partial charge in [0.15, 0.2) is 5.75 Å². The van der Waals surface area contributed by atoms with Crippen molar-refractivity contribution in [3.05, 3.63) is 56.5 Å². The van der Waals surface area contributed by atoms with Crippen molar-refractivity contribution in [2.75, 3.05) is 12.4 Å². The minimum Gasteiger partial charge on any atom is -0.506 e. The number of methoxy groups -OCH3 is 1. The molecule has 2 rings (SSSR count). The maximum absolute atomic E-state index is 11.0. The molecule has 0 amide bonds. The zero-order valence-corrected chi connectivity index (χ0v) is 12.8. The number of nitrogens with one attached hydrogen (secondary N) is 1. The van der Waals surface area contributed by atoms with E-state index in [1.54, 1.807) is 24.3 Å². The first-order valence-electron chi connectivity index (χ1n) is 6.05. The molecule has 0 aliphatic rings. The zero-order chi connectivity index (χ0) is 15.4. The summed E-state index contributed by atoms with van der Waals surface area (Å²) in [4.78, 5) is 10.5. The third-order valence-electron chi connectivity index (χ3n) is 2.93. The molecule has 6 nitrogen and oxygen atoms in total. The van der Waals surface area contributed by atoms with Crippen LogP contribution in [0.15, 0.2) is 40.9 Å². The van der Waals surface area contributed by atoms with E-state index in [0.29, 0.717) is 22.3 Å². The summed E-state index contributed by atoms with van der Waals surface area (Å²) in [6.45, 7) is 0.342. The van der Waals surface area contributed by atoms with Crippen LogP contribution in [-0.4, -0.2) is 17.1 Å². The van der Waals surface area contributed by atoms with Gasteiger partial charge in [-0.25, -0.2) is 0 Å². The van der Waals surface area contributed by atoms with Crippen LogP contribution in [0.5, 0.6) is 11.5 Å². The third-order valence-corrected chi connectivity index (χ3v) is 3.57. The van der Waals surface area contributed by atoms with E-state index in [4.69, 9.17) is 4.74 Å². The Morgan fingerprint density at radius 1 is 1.38 bits per heavy atom. The number of halogens is 1. The minimum atomic E-state index is -0.499. The van der Waals surface area contributed by atoms with Crippen LogP contribution in [0.25, 0.3) is 0 Å². The van der Waals surface area contributed by atoms with Crippen molar-refractivity contribution in [3.8, 4) is 11.5 Å². The molecule has 0 unspecified atom stereocenters. The van der Waals surface area contributed by atoms with Gasteiger partial charge >= 0.3 is 5.69 Å². The van der Waals surface area contributed by atoms with Crippen LogP contribution >= 0.6 is 15.9 Å². The lowest BCUT2D eigenvalue weighted by atomic mass is 10.2. The lowest BCUT2D eigenvalue weighted by molar-refractivity contribution is -0.385. The standard InChI is InChI=1S/C14H13BrN2O4/c1-21-13-6-5-10(7-12(13)17(19)20)16-8-9-3-2-4-11(15)14(9)18/h2-7,16,18H,8H2,1H3. The van der Waals surface area contributed by atoms with E-state index >= 15 is 0 Å². The molecule has 0 saturated carbocycles. The topological polar surface area (TPSA) is 84.6 Å². The third kappa shape index (κ3) is 3.43. The molecule has 2 aromatic carbocycles. The Balaban J connectivity index is 2.19. The van der Waals surface area contributed by atoms with Crippen LogP contribution in [0.4, 0.5) is 11.4 Å². The molecule has 0 aliphatic carbocycles. The van der Waals surface area contributed by atoms with E-state index in [2.05, 4.69) is 21.2 Å². The molecule has 110 valence electrons. The fourth-order valence-corrected chi connectivity index (χ4v) is 2.25. The molecule has 0 bridgehead atoms. The lowest BCUT2D eigenvalue weighted by Crippen LogP contribution is -2.01. The van der Waals surface area contributed by atoms with Crippen molar-refractivity contribution < 1.29 is 14.8 Å². The Morgan fingerprint density at radius 3 is 2.81 bits per heavy atom. The Hall–Kier alpha value is -2.28. The fraction of sp³-hybridized carbons (Fsp3) is 0.143. The molecular weight excluding hydrogens is 340 g/mol. The van der Waals surface area contributed by atoms with Gasteiger partial charge in [-0.3, -0.25) is 10.1 Å². The van der Waals surface area contributed by atoms with Gasteiger partial charge in [-0.2, -0.15) is 0 Å². The summed E-state index contributed by atoms with van der Waals surface area (Å²) >= 11 is 3.24. The second kappa shape index (κ2) is 6.45. The molecular formula is C14H13BrN2O4. The molecule has 0 spiro atoms. The summed E-state index contributed by atoms with van der Waals surface area (Å²) in [6, 6.07) is 9.91. The van der Waals surface area contributed by atoms with Gasteiger partial charge in [-0.05, 0) is 34.1 Å². The van der Waals surface area contributed by atoms with Crippen molar-refractivity contribution in [1.82, 2.24) is 0 Å². The first-order valence-corrected chi connectivity index (χ1v) is 6.85. The number of phenolic OH excluding ortho intramolecular Hbond substituents is 1. The predicted octanol–water partition coefficient (Wildman–Crippen LogP) is 3.68. The van der Waals surface area contributed by atoms with Crippen LogP contribution < -0.4 is 10.1 Å². The van der Waals surface area contributed by atoms with E-state index in [0.717, 1.165) is 0 Å². The summed E-state index contributed by atoms with van der Waals surface area (Å²) in [7, 11) is 1.38. The number of rotatable bonds is 5. The van der Waals surface area contributed by atoms with Gasteiger partial charge in [0.25, 0.3) is 0 Å². The quantitative estimate of drug-likeness (QED) is 0.633. The Bertz CT molecular complexity index is 676. The lowest BCUT2D eigenvalue weighted by Gasteiger charge is -2.10. The van der Waals surface area contributed by atoms with E-state index in [9.17, 15) is 15.2 Å². The van der Waals surface area contributed by atoms with Gasteiger partial charge < -0.3 is 15.2 Å². The molecule has 0 aliphatic heterocycles. The number of nitro groups is 1. The van der Waals surface area contributed by atoms with Gasteiger partial charge in [0.05, 0.1) is 16.5 Å². The van der Waals surface area contributed by atoms with Crippen molar-refractivity contribution in [2.45, 2.75) is 6.54 Å². The Morgan fingerprint density at radius 2 is 2.14 bits per heavy atom. The highest BCUT2D eigenvalue weighted by Crippen LogP contribution is 2.31. The number of ether oxygens (including phenoxy) is 1. The van der Waals surface area contributed by atoms with Crippen LogP contribution in [0.1, 0.15) is 5.56 Å². The molecule has 0 saturated heterocycles. The van der Waals surface area contributed by atoms with Crippen LogP contribution in [0.2, 0.25) is 0 Å². The summed E-state index contributed by atoms with van der Waals surface area (Å²) in [5.41, 5.74) is 1.14. The van der Waals surface area contributed by atoms with Crippen molar-refractivity contribution in [2.24, 2.45) is 0 Å². The average molecular weight is 353 g/mol. The average Bonchev–Trinajstić information content (AvgIpc) is 2.48. The Labute approximate surface area is 129 Å². The number of anilines is 1. The Kier molecular flexibility index (Phi) is 4.64. The van der Waals surface area contributed by atoms with Gasteiger partial charge in [0, 0.05) is 23.9 Å². The maximum Gasteiger partial charge on any atom is 0.312 e. The highest BCUT2D eigenvalue weighted by molar-refractivity contribution is 9.10. The summed E-state index contributed by atoms with van der Waals surface area (Å²) in [5.74, 6) is 0.351. The molecule has 2 aromatic rings. The number of hydrogen-bond donors (Lipinski definition) is 2. The van der Waals surface area contributed by atoms with Crippen LogP contribution in [0.3, 0.4) is 0 Å². The number of phenols is 1. The molecule has 0 radical (unpaired) electrons. The summed E-state index contributed by atoms with van der Waals surface area (Å²) in [6.07, 6.45) is 0. The molecule has 0 atom stereocenters. The van der Waals surface area contributed by atoms with E-state index in [-0.39, 0.29) is 17.2 Å². The van der Waals surface area contributed by atoms with E-state index in [1.807, 2.05) is 0 Å². The van der Waals surface area contributed by atoms with Crippen molar-refractivity contribution in [3.63, 3.8) is 0 Å². The predicted molar refractivity (Wildman–Crippen MR) is 82.8 cm³/mol. The van der Waals surface area contributed by atoms with E-state index < -0.39 is 4.92 Å². The summed E-state index contributed by atoms with van der Waals surface area (Å²) < 4.78 is 5.54. The highest BCUT2D eigenvalue weighted by Gasteiger charge is 2.15. The fourth-order valence-electron chi connectivity index (χ4n) is 1.84. The van der Waals surface area contributed by atoms with Crippen molar-refractivity contribution in [1.29, 1.82) is 0 Å². The van der Waals surface area contributed by atoms with E-state index in [1.165, 1.54) is 19.2 Å². The molecule has 0 heterocycles. The molecule has 21 heavy (non-hydrogen) atoms. The smallest absolute Gasteiger partial charge is 0.312 e. The van der Waals surface area contributed by atoms with Gasteiger partial charge in [-0.1, -0.05) is 12.1 Å². The largest absolute Gasteiger partial charge is 0.506 e. The molecule has 7 heteroatoms. The SMILES string of the molecule is COc1ccc(NCc2cccc(Br)c2O)cc1[N+](=O)[O-]. The second-order valence-corrected chi connectivity index (χ2v) is 5.10. The zero-order valence-electron chi connectivity index (χ0n) is 11.2. The highest BCUT2D eigenvalue weighted by atomic mass is 79.9. The number of para-hydroxylation sites is 1. The number of nitrogens with zero attached hydrogens (tertiary/aromatic N) is 1. The normalized spacial score (nSPS) is 10.2. The first kappa shape index (κ1) is 15.1. The van der Waals surface area contributed by atoms with Gasteiger partial charge in [-0.15, -0.1) is 0 Å². The molecule has 0 aromatic heterocycles. The molecule has 2 N–H and O–H groups in total. The number of aromatic hydroxyl groups is 1. The number of benzene rings is 2.